The number of phosphoric acid groups is 1. The van der Waals surface area contributed by atoms with E-state index in [4.69, 9.17) is 25.5 Å². The predicted octanol–water partition coefficient (Wildman–Crippen LogP) is 5.23. The summed E-state index contributed by atoms with van der Waals surface area (Å²) in [4.78, 5) is 4.81. The van der Waals surface area contributed by atoms with Crippen LogP contribution in [0, 0.1) is 0 Å². The molecule has 162 valence electrons. The highest BCUT2D eigenvalue weighted by molar-refractivity contribution is 7.48. The van der Waals surface area contributed by atoms with Crippen LogP contribution in [-0.2, 0) is 33.3 Å². The van der Waals surface area contributed by atoms with Gasteiger partial charge in [0.05, 0.1) is 31.8 Å². The lowest BCUT2D eigenvalue weighted by atomic mass is 10.1. The maximum absolute atomic E-state index is 12.5. The average molecular weight is 433 g/mol. The smallest absolute Gasteiger partial charge is 0.389 e. The third-order valence-corrected chi connectivity index (χ3v) is 5.74. The zero-order chi connectivity index (χ0) is 19.6. The molecule has 2 unspecified atom stereocenters. The van der Waals surface area contributed by atoms with Crippen LogP contribution in [0.3, 0.4) is 0 Å². The van der Waals surface area contributed by atoms with Gasteiger partial charge in [0.1, 0.15) is 0 Å². The molecule has 1 fully saturated rings. The van der Waals surface area contributed by atoms with E-state index in [9.17, 15) is 9.67 Å². The van der Waals surface area contributed by atoms with E-state index in [1.807, 2.05) is 0 Å². The van der Waals surface area contributed by atoms with Gasteiger partial charge in [-0.15, -0.1) is 11.6 Å². The van der Waals surface area contributed by atoms with Gasteiger partial charge in [0.15, 0.2) is 0 Å². The van der Waals surface area contributed by atoms with Gasteiger partial charge in [-0.25, -0.2) is 9.45 Å². The Morgan fingerprint density at radius 2 is 1.37 bits per heavy atom. The minimum atomic E-state index is -4.05. The highest BCUT2D eigenvalue weighted by atomic mass is 35.5. The van der Waals surface area contributed by atoms with Gasteiger partial charge in [-0.3, -0.25) is 9.05 Å². The summed E-state index contributed by atoms with van der Waals surface area (Å²) in [6.07, 6.45) is 12.4. The van der Waals surface area contributed by atoms with E-state index < -0.39 is 13.9 Å². The molecular weight excluding hydrogens is 399 g/mol. The molecule has 1 aliphatic heterocycles. The zero-order valence-corrected chi connectivity index (χ0v) is 17.7. The largest absolute Gasteiger partial charge is 0.504 e. The summed E-state index contributed by atoms with van der Waals surface area (Å²) in [5.41, 5.74) is 0. The summed E-state index contributed by atoms with van der Waals surface area (Å²) in [5, 5.41) is 18.2. The van der Waals surface area contributed by atoms with Crippen molar-refractivity contribution in [3.05, 3.63) is 0 Å². The fraction of sp³-hybridized carbons (Fsp3) is 1.00. The molecule has 1 N–H and O–H groups in total. The van der Waals surface area contributed by atoms with Crippen LogP contribution in [0.25, 0.3) is 0 Å². The van der Waals surface area contributed by atoms with Gasteiger partial charge in [-0.1, -0.05) is 68.9 Å². The summed E-state index contributed by atoms with van der Waals surface area (Å²) in [5.74, 6) is -0.0690. The summed E-state index contributed by atoms with van der Waals surface area (Å²) < 4.78 is 27.3. The normalized spacial score (nSPS) is 27.6. The number of rotatable bonds is 4. The van der Waals surface area contributed by atoms with Crippen LogP contribution in [0.5, 0.6) is 0 Å². The number of aliphatic hydroxyl groups excluding tert-OH is 1. The van der Waals surface area contributed by atoms with Gasteiger partial charge in [0.25, 0.3) is 0 Å². The number of phosphoric ester groups is 1. The second-order valence-corrected chi connectivity index (χ2v) is 8.53. The molecule has 2 atom stereocenters. The van der Waals surface area contributed by atoms with Crippen molar-refractivity contribution in [3.63, 3.8) is 0 Å². The molecule has 0 amide bonds. The van der Waals surface area contributed by atoms with Crippen LogP contribution < -0.4 is 0 Å². The van der Waals surface area contributed by atoms with Crippen molar-refractivity contribution in [1.82, 2.24) is 0 Å². The third-order valence-electron chi connectivity index (χ3n) is 4.17. The quantitative estimate of drug-likeness (QED) is 0.366. The maximum atomic E-state index is 12.5. The number of hydrogen-bond acceptors (Lipinski definition) is 8. The van der Waals surface area contributed by atoms with Crippen LogP contribution >= 0.6 is 19.4 Å². The van der Waals surface area contributed by atoms with Crippen LogP contribution in [0.4, 0.5) is 0 Å². The fourth-order valence-electron chi connectivity index (χ4n) is 2.61. The zero-order valence-electron chi connectivity index (χ0n) is 16.0. The Morgan fingerprint density at radius 1 is 0.852 bits per heavy atom. The number of aliphatic hydroxyl groups is 1. The molecule has 0 aromatic carbocycles. The van der Waals surface area contributed by atoms with E-state index in [1.54, 1.807) is 0 Å². The molecular formula is C17H34ClO8P. The standard InChI is InChI=1S/C17H34ClO8P/c18-15-17(19)16-23-27(20)22-14-12-10-8-6-4-2-1-3-5-7-9-11-13-21-24-25-26-27/h17,19H,1-16H2. The molecule has 1 heterocycles. The Bertz CT molecular complexity index is 364. The Balaban J connectivity index is 2.39. The van der Waals surface area contributed by atoms with Gasteiger partial charge < -0.3 is 5.11 Å². The van der Waals surface area contributed by atoms with Gasteiger partial charge >= 0.3 is 7.82 Å². The predicted molar refractivity (Wildman–Crippen MR) is 101 cm³/mol. The van der Waals surface area contributed by atoms with E-state index in [2.05, 4.69) is 14.8 Å². The molecule has 10 heteroatoms. The molecule has 0 aromatic rings. The van der Waals surface area contributed by atoms with E-state index in [0.29, 0.717) is 13.0 Å². The fourth-order valence-corrected chi connectivity index (χ4v) is 3.67. The molecule has 0 radical (unpaired) electrons. The maximum Gasteiger partial charge on any atom is 0.504 e. The lowest BCUT2D eigenvalue weighted by molar-refractivity contribution is -0.611. The summed E-state index contributed by atoms with van der Waals surface area (Å²) >= 11 is 5.49. The van der Waals surface area contributed by atoms with E-state index >= 15 is 0 Å². The molecule has 8 nitrogen and oxygen atoms in total. The number of hydrogen-bond donors (Lipinski definition) is 1. The van der Waals surface area contributed by atoms with Gasteiger partial charge in [-0.2, -0.15) is 0 Å². The summed E-state index contributed by atoms with van der Waals surface area (Å²) in [7, 11) is -4.05. The first kappa shape index (κ1) is 25.3. The van der Waals surface area contributed by atoms with Crippen molar-refractivity contribution in [2.45, 2.75) is 83.2 Å². The first-order chi connectivity index (χ1) is 13.2. The molecule has 0 aromatic heterocycles. The van der Waals surface area contributed by atoms with Crippen LogP contribution in [-0.4, -0.2) is 36.9 Å². The Morgan fingerprint density at radius 3 is 1.93 bits per heavy atom. The Kier molecular flexibility index (Phi) is 16.0. The highest BCUT2D eigenvalue weighted by Crippen LogP contribution is 2.50. The lowest BCUT2D eigenvalue weighted by Crippen LogP contribution is -2.17. The first-order valence-corrected chi connectivity index (χ1v) is 11.9. The molecule has 0 aliphatic carbocycles. The van der Waals surface area contributed by atoms with E-state index in [1.165, 1.54) is 44.9 Å². The lowest BCUT2D eigenvalue weighted by Gasteiger charge is -2.17. The molecule has 0 spiro atoms. The summed E-state index contributed by atoms with van der Waals surface area (Å²) in [6.45, 7) is 0.198. The molecule has 1 aliphatic rings. The van der Waals surface area contributed by atoms with Crippen molar-refractivity contribution in [2.75, 3.05) is 25.7 Å². The monoisotopic (exact) mass is 432 g/mol. The van der Waals surface area contributed by atoms with Crippen molar-refractivity contribution in [2.24, 2.45) is 0 Å². The van der Waals surface area contributed by atoms with Crippen molar-refractivity contribution >= 4 is 19.4 Å². The second-order valence-electron chi connectivity index (χ2n) is 6.66. The molecule has 1 saturated heterocycles. The molecule has 0 saturated carbocycles. The third kappa shape index (κ3) is 14.8. The second kappa shape index (κ2) is 17.1. The average Bonchev–Trinajstić information content (AvgIpc) is 2.67. The number of halogens is 1. The molecule has 1 rings (SSSR count). The van der Waals surface area contributed by atoms with Crippen molar-refractivity contribution in [1.29, 1.82) is 0 Å². The van der Waals surface area contributed by atoms with Crippen LogP contribution in [0.1, 0.15) is 77.0 Å². The van der Waals surface area contributed by atoms with Crippen molar-refractivity contribution in [3.8, 4) is 0 Å². The topological polar surface area (TPSA) is 92.7 Å². The van der Waals surface area contributed by atoms with Crippen LogP contribution in [0.2, 0.25) is 0 Å². The Labute approximate surface area is 167 Å². The molecule has 0 bridgehead atoms. The summed E-state index contributed by atoms with van der Waals surface area (Å²) in [6, 6.07) is 0. The first-order valence-electron chi connectivity index (χ1n) is 9.94. The number of alkyl halides is 1. The van der Waals surface area contributed by atoms with Gasteiger partial charge in [0.2, 0.25) is 0 Å². The minimum Gasteiger partial charge on any atom is -0.389 e. The highest BCUT2D eigenvalue weighted by Gasteiger charge is 2.30. The van der Waals surface area contributed by atoms with Gasteiger partial charge in [-0.05, 0) is 22.9 Å². The van der Waals surface area contributed by atoms with Crippen molar-refractivity contribution < 1.29 is 38.4 Å². The van der Waals surface area contributed by atoms with Crippen LogP contribution in [0.15, 0.2) is 0 Å². The van der Waals surface area contributed by atoms with E-state index in [-0.39, 0.29) is 19.1 Å². The SMILES string of the molecule is O=P1(OCC(O)CCl)OCCCCCCCCCCCCCCOOOO1. The van der Waals surface area contributed by atoms with E-state index in [0.717, 1.165) is 25.7 Å². The molecule has 27 heavy (non-hydrogen) atoms. The minimum absolute atomic E-state index is 0.0690. The van der Waals surface area contributed by atoms with Gasteiger partial charge in [0, 0.05) is 0 Å². The Hall–Kier alpha value is 0.240.